The maximum atomic E-state index is 13.1. The normalized spacial score (nSPS) is 18.1. The Bertz CT molecular complexity index is 950. The molecular formula is C21H20FN3O2. The summed E-state index contributed by atoms with van der Waals surface area (Å²) in [6, 6.07) is 14.0. The van der Waals surface area contributed by atoms with Gasteiger partial charge in [-0.15, -0.1) is 0 Å². The molecule has 4 rings (SSSR count). The standard InChI is InChI=1S/C21H20FN3O2/c1-13-3-5-16(6-4-13)21-23-20(24-27-21)17-11-19(26)25(12-17)14(2)15-7-9-18(22)10-8-15/h3-10,14,17H,11-12H2,1-2H3. The molecule has 0 aliphatic carbocycles. The Morgan fingerprint density at radius 3 is 2.56 bits per heavy atom. The van der Waals surface area contributed by atoms with E-state index >= 15 is 0 Å². The van der Waals surface area contributed by atoms with Gasteiger partial charge in [-0.05, 0) is 43.7 Å². The van der Waals surface area contributed by atoms with Crippen LogP contribution >= 0.6 is 0 Å². The maximum Gasteiger partial charge on any atom is 0.257 e. The number of nitrogens with zero attached hydrogens (tertiary/aromatic N) is 3. The fraction of sp³-hybridized carbons (Fsp3) is 0.286. The highest BCUT2D eigenvalue weighted by molar-refractivity contribution is 5.80. The van der Waals surface area contributed by atoms with E-state index in [-0.39, 0.29) is 23.7 Å². The van der Waals surface area contributed by atoms with Gasteiger partial charge in [0.1, 0.15) is 5.82 Å². The van der Waals surface area contributed by atoms with Crippen LogP contribution in [-0.4, -0.2) is 27.5 Å². The van der Waals surface area contributed by atoms with Crippen LogP contribution in [0.4, 0.5) is 4.39 Å². The number of aryl methyl sites for hydroxylation is 1. The molecule has 1 saturated heterocycles. The van der Waals surface area contributed by atoms with Crippen LogP contribution in [0.3, 0.4) is 0 Å². The van der Waals surface area contributed by atoms with Crippen LogP contribution in [0.1, 0.15) is 42.3 Å². The van der Waals surface area contributed by atoms with Crippen molar-refractivity contribution in [2.75, 3.05) is 6.54 Å². The van der Waals surface area contributed by atoms with Crippen molar-refractivity contribution in [2.24, 2.45) is 0 Å². The highest BCUT2D eigenvalue weighted by Gasteiger charge is 2.36. The zero-order chi connectivity index (χ0) is 19.0. The molecule has 2 heterocycles. The largest absolute Gasteiger partial charge is 0.335 e. The van der Waals surface area contributed by atoms with E-state index in [9.17, 15) is 9.18 Å². The Morgan fingerprint density at radius 1 is 1.15 bits per heavy atom. The van der Waals surface area contributed by atoms with Crippen molar-refractivity contribution in [3.05, 3.63) is 71.3 Å². The van der Waals surface area contributed by atoms with E-state index in [1.165, 1.54) is 12.1 Å². The Balaban J connectivity index is 1.50. The van der Waals surface area contributed by atoms with Gasteiger partial charge in [0, 0.05) is 24.4 Å². The number of hydrogen-bond donors (Lipinski definition) is 0. The fourth-order valence-electron chi connectivity index (χ4n) is 3.41. The van der Waals surface area contributed by atoms with E-state index in [0.29, 0.717) is 24.7 Å². The third-order valence-corrected chi connectivity index (χ3v) is 5.08. The smallest absolute Gasteiger partial charge is 0.257 e. The Labute approximate surface area is 156 Å². The van der Waals surface area contributed by atoms with Crippen LogP contribution in [0, 0.1) is 12.7 Å². The van der Waals surface area contributed by atoms with Gasteiger partial charge in [0.15, 0.2) is 5.82 Å². The van der Waals surface area contributed by atoms with Gasteiger partial charge in [-0.1, -0.05) is 35.0 Å². The second-order valence-corrected chi connectivity index (χ2v) is 7.00. The summed E-state index contributed by atoms with van der Waals surface area (Å²) < 4.78 is 18.5. The van der Waals surface area contributed by atoms with Crippen LogP contribution in [0.15, 0.2) is 53.1 Å². The van der Waals surface area contributed by atoms with E-state index in [2.05, 4.69) is 10.1 Å². The molecule has 0 saturated carbocycles. The van der Waals surface area contributed by atoms with Gasteiger partial charge < -0.3 is 9.42 Å². The number of aromatic nitrogens is 2. The molecule has 2 unspecified atom stereocenters. The van der Waals surface area contributed by atoms with E-state index in [1.807, 2.05) is 38.1 Å². The molecule has 1 aliphatic heterocycles. The molecule has 138 valence electrons. The van der Waals surface area contributed by atoms with Crippen molar-refractivity contribution in [1.82, 2.24) is 15.0 Å². The summed E-state index contributed by atoms with van der Waals surface area (Å²) in [5, 5.41) is 4.09. The van der Waals surface area contributed by atoms with Crippen LogP contribution in [0.25, 0.3) is 11.5 Å². The Kier molecular flexibility index (Phi) is 4.48. The Hall–Kier alpha value is -3.02. The molecule has 0 radical (unpaired) electrons. The van der Waals surface area contributed by atoms with Gasteiger partial charge in [0.25, 0.3) is 5.89 Å². The van der Waals surface area contributed by atoms with Crippen molar-refractivity contribution < 1.29 is 13.7 Å². The summed E-state index contributed by atoms with van der Waals surface area (Å²) >= 11 is 0. The summed E-state index contributed by atoms with van der Waals surface area (Å²) in [6.07, 6.45) is 0.346. The summed E-state index contributed by atoms with van der Waals surface area (Å²) in [6.45, 7) is 4.48. The molecular weight excluding hydrogens is 345 g/mol. The molecule has 1 amide bonds. The first-order chi connectivity index (χ1) is 13.0. The van der Waals surface area contributed by atoms with E-state index < -0.39 is 0 Å². The quantitative estimate of drug-likeness (QED) is 0.693. The Morgan fingerprint density at radius 2 is 1.85 bits per heavy atom. The molecule has 0 spiro atoms. The van der Waals surface area contributed by atoms with Gasteiger partial charge >= 0.3 is 0 Å². The number of rotatable bonds is 4. The van der Waals surface area contributed by atoms with Crippen LogP contribution in [0.5, 0.6) is 0 Å². The molecule has 5 nitrogen and oxygen atoms in total. The minimum Gasteiger partial charge on any atom is -0.335 e. The first-order valence-corrected chi connectivity index (χ1v) is 8.97. The molecule has 1 aromatic heterocycles. The lowest BCUT2D eigenvalue weighted by Gasteiger charge is -2.25. The van der Waals surface area contributed by atoms with Gasteiger partial charge in [0.05, 0.1) is 6.04 Å². The van der Waals surface area contributed by atoms with E-state index in [4.69, 9.17) is 4.52 Å². The highest BCUT2D eigenvalue weighted by Crippen LogP contribution is 2.33. The summed E-state index contributed by atoms with van der Waals surface area (Å²) in [5.41, 5.74) is 2.92. The second-order valence-electron chi connectivity index (χ2n) is 7.00. The number of amides is 1. The minimum atomic E-state index is -0.285. The lowest BCUT2D eigenvalue weighted by atomic mass is 10.1. The third-order valence-electron chi connectivity index (χ3n) is 5.08. The van der Waals surface area contributed by atoms with Crippen molar-refractivity contribution in [2.45, 2.75) is 32.2 Å². The molecule has 1 fully saturated rings. The predicted octanol–water partition coefficient (Wildman–Crippen LogP) is 4.26. The van der Waals surface area contributed by atoms with Crippen LogP contribution in [0.2, 0.25) is 0 Å². The molecule has 0 N–H and O–H groups in total. The zero-order valence-corrected chi connectivity index (χ0v) is 15.2. The van der Waals surface area contributed by atoms with Crippen molar-refractivity contribution in [3.8, 4) is 11.5 Å². The fourth-order valence-corrected chi connectivity index (χ4v) is 3.41. The van der Waals surface area contributed by atoms with Crippen LogP contribution < -0.4 is 0 Å². The monoisotopic (exact) mass is 365 g/mol. The summed E-state index contributed by atoms with van der Waals surface area (Å²) in [4.78, 5) is 18.8. The average Bonchev–Trinajstić information content (AvgIpc) is 3.29. The number of benzene rings is 2. The third kappa shape index (κ3) is 3.47. The first kappa shape index (κ1) is 17.4. The molecule has 1 aliphatic rings. The number of halogens is 1. The minimum absolute atomic E-state index is 0.0403. The van der Waals surface area contributed by atoms with E-state index in [0.717, 1.165) is 16.7 Å². The maximum absolute atomic E-state index is 13.1. The SMILES string of the molecule is Cc1ccc(-c2nc(C3CC(=O)N(C(C)c4ccc(F)cc4)C3)no2)cc1. The molecule has 2 aromatic carbocycles. The lowest BCUT2D eigenvalue weighted by molar-refractivity contribution is -0.129. The second kappa shape index (κ2) is 6.95. The number of hydrogen-bond acceptors (Lipinski definition) is 4. The number of likely N-dealkylation sites (tertiary alicyclic amines) is 1. The van der Waals surface area contributed by atoms with Gasteiger partial charge in [-0.2, -0.15) is 4.98 Å². The molecule has 27 heavy (non-hydrogen) atoms. The molecule has 6 heteroatoms. The van der Waals surface area contributed by atoms with Crippen molar-refractivity contribution >= 4 is 5.91 Å². The molecule has 2 atom stereocenters. The van der Waals surface area contributed by atoms with Gasteiger partial charge in [-0.3, -0.25) is 4.79 Å². The van der Waals surface area contributed by atoms with E-state index in [1.54, 1.807) is 17.0 Å². The molecule has 0 bridgehead atoms. The molecule has 3 aromatic rings. The topological polar surface area (TPSA) is 59.2 Å². The number of carbonyl (C=O) groups excluding carboxylic acids is 1. The predicted molar refractivity (Wildman–Crippen MR) is 98.4 cm³/mol. The zero-order valence-electron chi connectivity index (χ0n) is 15.2. The van der Waals surface area contributed by atoms with Crippen LogP contribution in [-0.2, 0) is 4.79 Å². The highest BCUT2D eigenvalue weighted by atomic mass is 19.1. The number of carbonyl (C=O) groups is 1. The first-order valence-electron chi connectivity index (χ1n) is 8.97. The van der Waals surface area contributed by atoms with Crippen molar-refractivity contribution in [1.29, 1.82) is 0 Å². The van der Waals surface area contributed by atoms with Gasteiger partial charge in [-0.25, -0.2) is 4.39 Å². The lowest BCUT2D eigenvalue weighted by Crippen LogP contribution is -2.28. The van der Waals surface area contributed by atoms with Gasteiger partial charge in [0.2, 0.25) is 5.91 Å². The average molecular weight is 365 g/mol. The van der Waals surface area contributed by atoms with Crippen molar-refractivity contribution in [3.63, 3.8) is 0 Å². The summed E-state index contributed by atoms with van der Waals surface area (Å²) in [5.74, 6) is 0.657. The summed E-state index contributed by atoms with van der Waals surface area (Å²) in [7, 11) is 0.